The van der Waals surface area contributed by atoms with Crippen molar-refractivity contribution in [1.82, 2.24) is 4.90 Å². The van der Waals surface area contributed by atoms with Crippen LogP contribution in [0.2, 0.25) is 0 Å². The Labute approximate surface area is 121 Å². The van der Waals surface area contributed by atoms with E-state index in [1.54, 1.807) is 0 Å². The SMILES string of the molecule is C[C@H]1[C@H](c2ccccc2)[C@H]([C@@H](N)c2ccccc2)N1C. The Hall–Kier alpha value is -1.64. The molecule has 104 valence electrons. The van der Waals surface area contributed by atoms with Gasteiger partial charge in [-0.05, 0) is 25.1 Å². The van der Waals surface area contributed by atoms with Gasteiger partial charge in [-0.2, -0.15) is 0 Å². The van der Waals surface area contributed by atoms with Crippen LogP contribution >= 0.6 is 0 Å². The van der Waals surface area contributed by atoms with Crippen molar-refractivity contribution >= 4 is 0 Å². The molecule has 2 aromatic carbocycles. The second-order valence-corrected chi connectivity index (χ2v) is 5.77. The van der Waals surface area contributed by atoms with Gasteiger partial charge in [-0.25, -0.2) is 0 Å². The van der Waals surface area contributed by atoms with E-state index in [9.17, 15) is 0 Å². The highest BCUT2D eigenvalue weighted by Crippen LogP contribution is 2.44. The highest BCUT2D eigenvalue weighted by Gasteiger charge is 2.47. The molecule has 3 rings (SSSR count). The molecule has 0 aliphatic carbocycles. The zero-order valence-corrected chi connectivity index (χ0v) is 12.1. The van der Waals surface area contributed by atoms with E-state index in [1.165, 1.54) is 11.1 Å². The van der Waals surface area contributed by atoms with Gasteiger partial charge >= 0.3 is 0 Å². The van der Waals surface area contributed by atoms with Crippen LogP contribution in [0.4, 0.5) is 0 Å². The van der Waals surface area contributed by atoms with Gasteiger partial charge in [0.1, 0.15) is 0 Å². The summed E-state index contributed by atoms with van der Waals surface area (Å²) in [5.41, 5.74) is 9.16. The van der Waals surface area contributed by atoms with Crippen molar-refractivity contribution in [2.24, 2.45) is 5.73 Å². The summed E-state index contributed by atoms with van der Waals surface area (Å²) in [4.78, 5) is 2.40. The maximum atomic E-state index is 6.54. The Balaban J connectivity index is 1.88. The molecule has 2 N–H and O–H groups in total. The van der Waals surface area contributed by atoms with E-state index < -0.39 is 0 Å². The lowest BCUT2D eigenvalue weighted by molar-refractivity contribution is 0.00580. The van der Waals surface area contributed by atoms with E-state index in [4.69, 9.17) is 5.73 Å². The number of hydrogen-bond acceptors (Lipinski definition) is 2. The van der Waals surface area contributed by atoms with E-state index in [0.29, 0.717) is 18.0 Å². The van der Waals surface area contributed by atoms with Gasteiger partial charge in [-0.15, -0.1) is 0 Å². The molecular weight excluding hydrogens is 244 g/mol. The largest absolute Gasteiger partial charge is 0.323 e. The van der Waals surface area contributed by atoms with Crippen molar-refractivity contribution in [2.75, 3.05) is 7.05 Å². The zero-order valence-electron chi connectivity index (χ0n) is 12.1. The van der Waals surface area contributed by atoms with E-state index in [0.717, 1.165) is 0 Å². The predicted molar refractivity (Wildman–Crippen MR) is 83.6 cm³/mol. The van der Waals surface area contributed by atoms with Crippen LogP contribution in [0.25, 0.3) is 0 Å². The molecule has 2 aromatic rings. The second kappa shape index (κ2) is 5.39. The summed E-state index contributed by atoms with van der Waals surface area (Å²) in [6.45, 7) is 2.28. The van der Waals surface area contributed by atoms with E-state index in [2.05, 4.69) is 73.5 Å². The average Bonchev–Trinajstić information content (AvgIpc) is 2.52. The highest BCUT2D eigenvalue weighted by atomic mass is 15.3. The quantitative estimate of drug-likeness (QED) is 0.924. The Morgan fingerprint density at radius 1 is 0.950 bits per heavy atom. The van der Waals surface area contributed by atoms with Gasteiger partial charge in [-0.1, -0.05) is 60.7 Å². The molecule has 0 spiro atoms. The molecular formula is C18H22N2. The first kappa shape index (κ1) is 13.3. The lowest BCUT2D eigenvalue weighted by Crippen LogP contribution is -2.62. The number of likely N-dealkylation sites (N-methyl/N-ethyl adjacent to an activating group) is 1. The van der Waals surface area contributed by atoms with Crippen LogP contribution in [0.1, 0.15) is 30.0 Å². The van der Waals surface area contributed by atoms with Gasteiger partial charge in [0.2, 0.25) is 0 Å². The third-order valence-electron chi connectivity index (χ3n) is 4.74. The van der Waals surface area contributed by atoms with Gasteiger partial charge < -0.3 is 5.73 Å². The molecule has 0 bridgehead atoms. The number of rotatable bonds is 3. The Kier molecular flexibility index (Phi) is 3.60. The van der Waals surface area contributed by atoms with Crippen molar-refractivity contribution in [3.63, 3.8) is 0 Å². The first-order chi connectivity index (χ1) is 9.70. The van der Waals surface area contributed by atoms with E-state index in [1.807, 2.05) is 6.07 Å². The molecule has 20 heavy (non-hydrogen) atoms. The molecule has 1 aliphatic heterocycles. The summed E-state index contributed by atoms with van der Waals surface area (Å²) in [7, 11) is 2.18. The molecule has 0 radical (unpaired) electrons. The van der Waals surface area contributed by atoms with E-state index >= 15 is 0 Å². The molecule has 1 saturated heterocycles. The minimum absolute atomic E-state index is 0.0580. The smallest absolute Gasteiger partial charge is 0.0459 e. The van der Waals surface area contributed by atoms with Gasteiger partial charge in [0.05, 0.1) is 0 Å². The number of nitrogens with zero attached hydrogens (tertiary/aromatic N) is 1. The Bertz CT molecular complexity index is 552. The van der Waals surface area contributed by atoms with Crippen molar-refractivity contribution in [1.29, 1.82) is 0 Å². The number of likely N-dealkylation sites (tertiary alicyclic amines) is 1. The Morgan fingerprint density at radius 3 is 2.10 bits per heavy atom. The monoisotopic (exact) mass is 266 g/mol. The molecule has 0 saturated carbocycles. The molecule has 1 aliphatic rings. The van der Waals surface area contributed by atoms with Crippen LogP contribution in [0, 0.1) is 0 Å². The van der Waals surface area contributed by atoms with Gasteiger partial charge in [-0.3, -0.25) is 4.90 Å². The first-order valence-corrected chi connectivity index (χ1v) is 7.27. The predicted octanol–water partition coefficient (Wildman–Crippen LogP) is 3.17. The number of benzene rings is 2. The highest BCUT2D eigenvalue weighted by molar-refractivity contribution is 5.31. The van der Waals surface area contributed by atoms with Crippen molar-refractivity contribution < 1.29 is 0 Å². The van der Waals surface area contributed by atoms with Crippen molar-refractivity contribution in [2.45, 2.75) is 31.0 Å². The normalized spacial score (nSPS) is 27.9. The summed E-state index contributed by atoms with van der Waals surface area (Å²) in [6, 6.07) is 22.1. The van der Waals surface area contributed by atoms with Crippen molar-refractivity contribution in [3.8, 4) is 0 Å². The molecule has 2 heteroatoms. The summed E-state index contributed by atoms with van der Waals surface area (Å²) in [5, 5.41) is 0. The second-order valence-electron chi connectivity index (χ2n) is 5.77. The maximum absolute atomic E-state index is 6.54. The molecule has 1 fully saturated rings. The molecule has 0 amide bonds. The zero-order chi connectivity index (χ0) is 14.1. The minimum atomic E-state index is 0.0580. The maximum Gasteiger partial charge on any atom is 0.0459 e. The lowest BCUT2D eigenvalue weighted by Gasteiger charge is -2.55. The van der Waals surface area contributed by atoms with Gasteiger partial charge in [0.25, 0.3) is 0 Å². The third-order valence-corrected chi connectivity index (χ3v) is 4.74. The fourth-order valence-electron chi connectivity index (χ4n) is 3.46. The van der Waals surface area contributed by atoms with Crippen LogP contribution in [0.15, 0.2) is 60.7 Å². The fourth-order valence-corrected chi connectivity index (χ4v) is 3.46. The Morgan fingerprint density at radius 2 is 1.50 bits per heavy atom. The fraction of sp³-hybridized carbons (Fsp3) is 0.333. The third kappa shape index (κ3) is 2.15. The van der Waals surface area contributed by atoms with Gasteiger partial charge in [0, 0.05) is 24.0 Å². The molecule has 0 aromatic heterocycles. The van der Waals surface area contributed by atoms with Gasteiger partial charge in [0.15, 0.2) is 0 Å². The number of hydrogen-bond donors (Lipinski definition) is 1. The average molecular weight is 266 g/mol. The standard InChI is InChI=1S/C18H22N2/c1-13-16(14-9-5-3-6-10-14)18(20(13)2)17(19)15-11-7-4-8-12-15/h3-13,16-18H,19H2,1-2H3/t13-,16+,17-,18+/m0/s1. The summed E-state index contributed by atoms with van der Waals surface area (Å²) >= 11 is 0. The van der Waals surface area contributed by atoms with Crippen molar-refractivity contribution in [3.05, 3.63) is 71.8 Å². The summed E-state index contributed by atoms with van der Waals surface area (Å²) in [5.74, 6) is 0.511. The lowest BCUT2D eigenvalue weighted by atomic mass is 9.72. The van der Waals surface area contributed by atoms with Crippen LogP contribution in [-0.4, -0.2) is 24.0 Å². The minimum Gasteiger partial charge on any atom is -0.323 e. The van der Waals surface area contributed by atoms with Crippen LogP contribution < -0.4 is 5.73 Å². The molecule has 1 heterocycles. The summed E-state index contributed by atoms with van der Waals surface area (Å²) in [6.07, 6.45) is 0. The van der Waals surface area contributed by atoms with Crippen LogP contribution in [-0.2, 0) is 0 Å². The topological polar surface area (TPSA) is 29.3 Å². The van der Waals surface area contributed by atoms with E-state index in [-0.39, 0.29) is 6.04 Å². The number of nitrogens with two attached hydrogens (primary N) is 1. The first-order valence-electron chi connectivity index (χ1n) is 7.27. The molecule has 2 nitrogen and oxygen atoms in total. The molecule has 0 unspecified atom stereocenters. The van der Waals surface area contributed by atoms with Crippen LogP contribution in [0.5, 0.6) is 0 Å². The van der Waals surface area contributed by atoms with Crippen LogP contribution in [0.3, 0.4) is 0 Å². The summed E-state index contributed by atoms with van der Waals surface area (Å²) < 4.78 is 0. The molecule has 4 atom stereocenters.